The largest absolute Gasteiger partial charge is 0.513 e. The molecule has 78 heavy (non-hydrogen) atoms. The van der Waals surface area contributed by atoms with Crippen LogP contribution in [0.2, 0.25) is 0 Å². The van der Waals surface area contributed by atoms with Gasteiger partial charge in [-0.2, -0.15) is 0 Å². The van der Waals surface area contributed by atoms with Gasteiger partial charge in [0.05, 0.1) is 144 Å². The highest BCUT2D eigenvalue weighted by atomic mass is 32.1. The minimum atomic E-state index is -1.38. The van der Waals surface area contributed by atoms with E-state index >= 15 is 0 Å². The summed E-state index contributed by atoms with van der Waals surface area (Å²) in [5.41, 5.74) is 1.41. The van der Waals surface area contributed by atoms with Crippen LogP contribution in [-0.2, 0) is 67.2 Å². The van der Waals surface area contributed by atoms with Crippen LogP contribution in [0.15, 0.2) is 78.9 Å². The fourth-order valence-corrected chi connectivity index (χ4v) is 7.84. The molecule has 0 radical (unpaired) electrons. The summed E-state index contributed by atoms with van der Waals surface area (Å²) in [7, 11) is 1.63. The lowest BCUT2D eigenvalue weighted by atomic mass is 9.77. The first-order valence-electron chi connectivity index (χ1n) is 25.4. The Morgan fingerprint density at radius 1 is 0.526 bits per heavy atom. The first kappa shape index (κ1) is 61.0. The molecule has 6 rings (SSSR count). The molecule has 2 heterocycles. The number of phenols is 2. The molecule has 23 nitrogen and oxygen atoms in total. The van der Waals surface area contributed by atoms with Gasteiger partial charge in [-0.1, -0.05) is 6.07 Å². The number of fused-ring (bicyclic) bond motifs is 6. The number of hydrogen-bond donors (Lipinski definition) is 5. The lowest BCUT2D eigenvalue weighted by Gasteiger charge is -2.36. The monoisotopic (exact) mass is 1110 g/mol. The average molecular weight is 1110 g/mol. The Balaban J connectivity index is 0.701. The number of nitrogens with one attached hydrogen (secondary N) is 3. The molecule has 1 spiro atoms. The zero-order valence-electron chi connectivity index (χ0n) is 43.6. The topological polar surface area (TPSA) is 266 Å². The Morgan fingerprint density at radius 3 is 1.45 bits per heavy atom. The highest BCUT2D eigenvalue weighted by Gasteiger charge is 2.53. The summed E-state index contributed by atoms with van der Waals surface area (Å²) >= 11 is 5.45. The van der Waals surface area contributed by atoms with Crippen molar-refractivity contribution in [2.45, 2.75) is 5.60 Å². The van der Waals surface area contributed by atoms with Crippen LogP contribution in [0.1, 0.15) is 37.4 Å². The Morgan fingerprint density at radius 2 is 0.962 bits per heavy atom. The Labute approximate surface area is 457 Å². The van der Waals surface area contributed by atoms with Crippen LogP contribution < -0.4 is 25.4 Å². The number of ether oxygens (including phenoxy) is 15. The minimum Gasteiger partial charge on any atom is -0.508 e. The maximum Gasteiger partial charge on any atom is 0.513 e. The lowest BCUT2D eigenvalue weighted by molar-refractivity contribution is -0.0258. The van der Waals surface area contributed by atoms with Gasteiger partial charge in [-0.25, -0.2) is 9.59 Å². The van der Waals surface area contributed by atoms with E-state index in [1.54, 1.807) is 37.4 Å². The molecule has 0 atom stereocenters. The zero-order valence-corrected chi connectivity index (χ0v) is 44.4. The molecule has 2 aliphatic heterocycles. The molecule has 0 saturated heterocycles. The third kappa shape index (κ3) is 20.2. The molecule has 0 unspecified atom stereocenters. The molecule has 1 amide bonds. The van der Waals surface area contributed by atoms with E-state index in [0.29, 0.717) is 166 Å². The van der Waals surface area contributed by atoms with E-state index in [1.807, 2.05) is 0 Å². The number of hydrogen-bond acceptors (Lipinski definition) is 21. The van der Waals surface area contributed by atoms with Crippen molar-refractivity contribution in [2.24, 2.45) is 0 Å². The number of benzene rings is 4. The van der Waals surface area contributed by atoms with Crippen LogP contribution in [0.3, 0.4) is 0 Å². The molecular formula is C54H69N3O20S. The number of esters is 1. The molecule has 0 bridgehead atoms. The van der Waals surface area contributed by atoms with Crippen molar-refractivity contribution in [3.05, 3.63) is 107 Å². The second-order valence-corrected chi connectivity index (χ2v) is 17.2. The second kappa shape index (κ2) is 34.6. The predicted octanol–water partition coefficient (Wildman–Crippen LogP) is 4.71. The van der Waals surface area contributed by atoms with Gasteiger partial charge in [0, 0.05) is 60.3 Å². The third-order valence-corrected chi connectivity index (χ3v) is 11.5. The van der Waals surface area contributed by atoms with Gasteiger partial charge in [-0.15, -0.1) is 0 Å². The summed E-state index contributed by atoms with van der Waals surface area (Å²) in [4.78, 5) is 38.2. The van der Waals surface area contributed by atoms with E-state index in [0.717, 1.165) is 0 Å². The summed E-state index contributed by atoms with van der Waals surface area (Å²) in [5, 5.41) is 29.4. The first-order chi connectivity index (χ1) is 38.2. The van der Waals surface area contributed by atoms with Crippen LogP contribution >= 0.6 is 12.2 Å². The molecule has 0 aliphatic carbocycles. The summed E-state index contributed by atoms with van der Waals surface area (Å²) in [6.07, 6.45) is -0.934. The number of rotatable bonds is 39. The summed E-state index contributed by atoms with van der Waals surface area (Å²) in [5.74, 6) is -0.207. The highest BCUT2D eigenvalue weighted by Crippen LogP contribution is 2.57. The molecule has 426 valence electrons. The summed E-state index contributed by atoms with van der Waals surface area (Å²) < 4.78 is 82.0. The zero-order chi connectivity index (χ0) is 55.1. The van der Waals surface area contributed by atoms with Crippen LogP contribution in [0.4, 0.5) is 10.5 Å². The smallest absolute Gasteiger partial charge is 0.508 e. The van der Waals surface area contributed by atoms with Gasteiger partial charge in [-0.05, 0) is 72.9 Å². The number of carbonyl (C=O) groups excluding carboxylic acids is 3. The molecule has 0 saturated carbocycles. The highest BCUT2D eigenvalue weighted by molar-refractivity contribution is 7.80. The summed E-state index contributed by atoms with van der Waals surface area (Å²) in [6, 6.07) is 20.3. The molecule has 2 aliphatic rings. The molecular weight excluding hydrogens is 1040 g/mol. The van der Waals surface area contributed by atoms with Crippen LogP contribution in [0.5, 0.6) is 28.7 Å². The van der Waals surface area contributed by atoms with Crippen molar-refractivity contribution in [1.29, 1.82) is 0 Å². The fraction of sp³-hybridized carbons (Fsp3) is 0.481. The van der Waals surface area contributed by atoms with Crippen LogP contribution in [-0.4, -0.2) is 199 Å². The van der Waals surface area contributed by atoms with Crippen molar-refractivity contribution in [3.8, 4) is 28.7 Å². The van der Waals surface area contributed by atoms with Gasteiger partial charge in [0.2, 0.25) is 0 Å². The number of amides is 1. The molecule has 5 N–H and O–H groups in total. The molecule has 4 aromatic carbocycles. The standard InChI is InChI=1S/C54H69N3O20S/c1-63-16-17-66-20-21-68-24-25-70-28-29-72-32-33-73-31-30-71-27-26-69-23-22-67-19-18-64-14-12-55-50(60)39-2-7-43(8-3-39)75-53(62)74-35-34-65-15-13-56-52(78)57-40-4-9-45-44(36-40)51(61)77-54(45)46-10-5-41(58)37-48(46)76-49-38-42(59)6-11-47(49)54/h2-11,36-38,58-59H,12-35H2,1H3,(H,55,60)(H2,56,57,78). The fourth-order valence-electron chi connectivity index (χ4n) is 7.62. The van der Waals surface area contributed by atoms with Gasteiger partial charge >= 0.3 is 12.1 Å². The Kier molecular flexibility index (Phi) is 27.0. The van der Waals surface area contributed by atoms with Gasteiger partial charge < -0.3 is 97.2 Å². The van der Waals surface area contributed by atoms with Crippen molar-refractivity contribution < 1.29 is 95.6 Å². The lowest BCUT2D eigenvalue weighted by Crippen LogP contribution is -2.33. The Hall–Kier alpha value is -6.26. The maximum atomic E-state index is 13.4. The molecule has 0 aromatic heterocycles. The van der Waals surface area contributed by atoms with Gasteiger partial charge in [0.1, 0.15) is 35.4 Å². The van der Waals surface area contributed by atoms with Crippen molar-refractivity contribution in [3.63, 3.8) is 0 Å². The quantitative estimate of drug-likeness (QED) is 0.0175. The SMILES string of the molecule is COCCOCCOCCOCCOCCOCCOCCOCCOCCOCCNC(=O)c1ccc(OC(=O)OCCOCCNC(=S)Nc2ccc3c(c2)C(=O)OC32c3ccc(O)cc3Oc3cc(O)ccc32)cc1. The molecule has 0 fully saturated rings. The number of carbonyl (C=O) groups is 3. The summed E-state index contributed by atoms with van der Waals surface area (Å²) in [6.45, 7) is 9.64. The predicted molar refractivity (Wildman–Crippen MR) is 283 cm³/mol. The van der Waals surface area contributed by atoms with E-state index in [9.17, 15) is 24.6 Å². The van der Waals surface area contributed by atoms with Gasteiger partial charge in [-0.3, -0.25) is 4.79 Å². The minimum absolute atomic E-state index is 0.0366. The van der Waals surface area contributed by atoms with E-state index in [1.165, 1.54) is 48.5 Å². The maximum absolute atomic E-state index is 13.4. The van der Waals surface area contributed by atoms with Gasteiger partial charge in [0.25, 0.3) is 5.91 Å². The van der Waals surface area contributed by atoms with E-state index < -0.39 is 17.7 Å². The van der Waals surface area contributed by atoms with Crippen LogP contribution in [0.25, 0.3) is 0 Å². The van der Waals surface area contributed by atoms with Crippen LogP contribution in [0, 0.1) is 0 Å². The van der Waals surface area contributed by atoms with Crippen molar-refractivity contribution >= 4 is 41.0 Å². The Bertz CT molecular complexity index is 2420. The number of methoxy groups -OCH3 is 1. The van der Waals surface area contributed by atoms with Gasteiger partial charge in [0.15, 0.2) is 10.7 Å². The van der Waals surface area contributed by atoms with Crippen molar-refractivity contribution in [1.82, 2.24) is 10.6 Å². The van der Waals surface area contributed by atoms with E-state index in [-0.39, 0.29) is 66.1 Å². The first-order valence-corrected chi connectivity index (χ1v) is 25.9. The normalized spacial score (nSPS) is 12.8. The average Bonchev–Trinajstić information content (AvgIpc) is 3.95. The number of anilines is 1. The second-order valence-electron chi connectivity index (χ2n) is 16.8. The number of thiocarbonyl (C=S) groups is 1. The third-order valence-electron chi connectivity index (χ3n) is 11.3. The number of aromatic hydroxyl groups is 2. The molecule has 4 aromatic rings. The molecule has 24 heteroatoms. The number of phenolic OH excluding ortho intramolecular Hbond substituents is 2. The van der Waals surface area contributed by atoms with E-state index in [4.69, 9.17) is 83.3 Å². The van der Waals surface area contributed by atoms with Crippen molar-refractivity contribution in [2.75, 3.05) is 171 Å². The van der Waals surface area contributed by atoms with E-state index in [2.05, 4.69) is 16.0 Å².